The molecule has 0 bridgehead atoms. The van der Waals surface area contributed by atoms with Crippen molar-refractivity contribution >= 4 is 42.3 Å². The molecule has 0 aliphatic heterocycles. The molecule has 2 heterocycles. The summed E-state index contributed by atoms with van der Waals surface area (Å²) in [5.41, 5.74) is 6.96. The van der Waals surface area contributed by atoms with E-state index in [1.165, 1.54) is 58.0 Å². The fraction of sp³-hybridized carbons (Fsp3) is 0.278. The number of para-hydroxylation sites is 4. The average molecular weight is 709 g/mol. The summed E-state index contributed by atoms with van der Waals surface area (Å²) in [6.07, 6.45) is 0. The maximum Gasteiger partial charge on any atom is 0.294 e. The molecule has 0 aliphatic rings. The lowest BCUT2D eigenvalue weighted by atomic mass is 10.2. The highest BCUT2D eigenvalue weighted by molar-refractivity contribution is 7.86. The van der Waals surface area contributed by atoms with E-state index in [0.29, 0.717) is 13.2 Å². The van der Waals surface area contributed by atoms with Gasteiger partial charge in [-0.2, -0.15) is 16.8 Å². The van der Waals surface area contributed by atoms with Crippen molar-refractivity contribution in [2.45, 2.75) is 50.6 Å². The summed E-state index contributed by atoms with van der Waals surface area (Å²) in [5, 5.41) is 0. The van der Waals surface area contributed by atoms with Gasteiger partial charge >= 0.3 is 0 Å². The van der Waals surface area contributed by atoms with E-state index in [1.54, 1.807) is 24.3 Å². The second-order valence-electron chi connectivity index (χ2n) is 11.7. The maximum atomic E-state index is 10.5. The molecule has 0 saturated heterocycles. The lowest BCUT2D eigenvalue weighted by molar-refractivity contribution is -0.652. The first-order valence-electron chi connectivity index (χ1n) is 15.6. The summed E-state index contributed by atoms with van der Waals surface area (Å²) in [6, 6.07) is 29.0. The molecule has 0 saturated carbocycles. The number of fused-ring (bicyclic) bond motifs is 2. The van der Waals surface area contributed by atoms with Gasteiger partial charge in [-0.3, -0.25) is 9.11 Å². The molecule has 0 fully saturated rings. The second-order valence-corrected chi connectivity index (χ2v) is 14.5. The van der Waals surface area contributed by atoms with Crippen molar-refractivity contribution in [2.24, 2.45) is 14.1 Å². The molecule has 2 N–H and O–H groups in total. The Morgan fingerprint density at radius 1 is 0.551 bits per heavy atom. The van der Waals surface area contributed by atoms with Crippen molar-refractivity contribution in [2.75, 3.05) is 13.2 Å². The van der Waals surface area contributed by atoms with E-state index in [9.17, 15) is 16.8 Å². The number of benzene rings is 4. The van der Waals surface area contributed by atoms with E-state index < -0.39 is 20.2 Å². The molecule has 6 aromatic rings. The zero-order valence-electron chi connectivity index (χ0n) is 28.6. The number of nitrogens with zero attached hydrogens (tertiary/aromatic N) is 4. The summed E-state index contributed by atoms with van der Waals surface area (Å²) in [4.78, 5) is -0.133. The van der Waals surface area contributed by atoms with Gasteiger partial charge in [-0.25, -0.2) is 18.3 Å². The predicted octanol–water partition coefficient (Wildman–Crippen LogP) is 5.06. The average Bonchev–Trinajstić information content (AvgIpc) is 3.45. The number of ether oxygens (including phenoxy) is 1. The fourth-order valence-electron chi connectivity index (χ4n) is 5.41. The summed E-state index contributed by atoms with van der Waals surface area (Å²) in [7, 11) is -3.80. The van der Waals surface area contributed by atoms with Crippen LogP contribution in [0.15, 0.2) is 107 Å². The minimum absolute atomic E-state index is 0.0666. The molecule has 2 aromatic heterocycles. The van der Waals surface area contributed by atoms with Crippen LogP contribution in [0.3, 0.4) is 0 Å². The van der Waals surface area contributed by atoms with Gasteiger partial charge in [0.25, 0.3) is 31.9 Å². The summed E-state index contributed by atoms with van der Waals surface area (Å²) in [6.45, 7) is 11.2. The predicted molar refractivity (Wildman–Crippen MR) is 189 cm³/mol. The van der Waals surface area contributed by atoms with E-state index in [-0.39, 0.29) is 9.79 Å². The van der Waals surface area contributed by atoms with E-state index in [2.05, 4.69) is 94.7 Å². The van der Waals surface area contributed by atoms with Crippen LogP contribution in [0, 0.1) is 27.7 Å². The van der Waals surface area contributed by atoms with Crippen molar-refractivity contribution in [1.29, 1.82) is 0 Å². The zero-order chi connectivity index (χ0) is 35.9. The van der Waals surface area contributed by atoms with Gasteiger partial charge in [0.15, 0.2) is 22.1 Å². The van der Waals surface area contributed by atoms with Crippen molar-refractivity contribution in [3.05, 3.63) is 120 Å². The fourth-order valence-corrected chi connectivity index (χ4v) is 6.37. The van der Waals surface area contributed by atoms with Gasteiger partial charge in [-0.05, 0) is 62.4 Å². The van der Waals surface area contributed by atoms with Crippen LogP contribution in [-0.2, 0) is 52.2 Å². The van der Waals surface area contributed by atoms with Crippen LogP contribution in [0.2, 0.25) is 0 Å². The van der Waals surface area contributed by atoms with E-state index in [4.69, 9.17) is 13.8 Å². The first kappa shape index (κ1) is 37.4. The minimum Gasteiger partial charge on any atom is -0.373 e. The molecule has 11 nitrogen and oxygen atoms in total. The topological polar surface area (TPSA) is 136 Å². The van der Waals surface area contributed by atoms with Crippen molar-refractivity contribution < 1.29 is 39.8 Å². The molecule has 6 rings (SSSR count). The Kier molecular flexibility index (Phi) is 12.1. The maximum absolute atomic E-state index is 10.5. The molecule has 4 aromatic carbocycles. The van der Waals surface area contributed by atoms with Crippen LogP contribution < -0.4 is 9.13 Å². The van der Waals surface area contributed by atoms with E-state index >= 15 is 0 Å². The molecular formula is C36H44N4O7S2+2. The highest BCUT2D eigenvalue weighted by Crippen LogP contribution is 2.15. The Morgan fingerprint density at radius 2 is 0.878 bits per heavy atom. The molecule has 13 heteroatoms. The Hall–Kier alpha value is -4.40. The lowest BCUT2D eigenvalue weighted by Crippen LogP contribution is -2.31. The standard InChI is InChI=1S/C22H28N4O.2C7H8O3S/c1-17-23(3)19-9-5-7-11-21(19)25(17)13-15-27-16-14-26-18(2)24(4)20-10-6-8-12-22(20)26;2*1-6-2-4-7(5-3-6)11(8,9)10/h5-12H,13-16H2,1-4H3;2*2-5H,1H3,(H,8,9,10)/q+2;;. The largest absolute Gasteiger partial charge is 0.373 e. The van der Waals surface area contributed by atoms with Gasteiger partial charge < -0.3 is 4.74 Å². The normalized spacial score (nSPS) is 11.6. The Labute approximate surface area is 288 Å². The van der Waals surface area contributed by atoms with Gasteiger partial charge in [0.05, 0.1) is 37.1 Å². The van der Waals surface area contributed by atoms with Crippen LogP contribution in [0.25, 0.3) is 22.1 Å². The molecule has 0 spiro atoms. The monoisotopic (exact) mass is 708 g/mol. The molecule has 49 heavy (non-hydrogen) atoms. The molecule has 260 valence electrons. The smallest absolute Gasteiger partial charge is 0.294 e. The number of imidazole rings is 2. The zero-order valence-corrected chi connectivity index (χ0v) is 30.2. The SMILES string of the molecule is Cc1ccc(S(=O)(=O)O)cc1.Cc1ccc(S(=O)(=O)O)cc1.Cc1n(CCOCCn2c(C)[n+](C)c3ccccc32)c2ccccc2[n+]1C. The van der Waals surface area contributed by atoms with Crippen LogP contribution in [0.4, 0.5) is 0 Å². The van der Waals surface area contributed by atoms with Gasteiger partial charge in [0.2, 0.25) is 0 Å². The van der Waals surface area contributed by atoms with Crippen LogP contribution in [-0.4, -0.2) is 48.3 Å². The van der Waals surface area contributed by atoms with Gasteiger partial charge in [-0.15, -0.1) is 0 Å². The second kappa shape index (κ2) is 15.9. The molecule has 0 aliphatic carbocycles. The molecule has 0 radical (unpaired) electrons. The van der Waals surface area contributed by atoms with Crippen molar-refractivity contribution in [1.82, 2.24) is 9.13 Å². The first-order chi connectivity index (χ1) is 23.1. The Balaban J connectivity index is 0.000000202. The highest BCUT2D eigenvalue weighted by atomic mass is 32.2. The van der Waals surface area contributed by atoms with Crippen molar-refractivity contribution in [3.63, 3.8) is 0 Å². The number of aryl methyl sites for hydroxylation is 4. The number of hydrogen-bond acceptors (Lipinski definition) is 5. The third-order valence-corrected chi connectivity index (χ3v) is 10.1. The van der Waals surface area contributed by atoms with Gasteiger partial charge in [0, 0.05) is 13.8 Å². The van der Waals surface area contributed by atoms with Gasteiger partial charge in [-0.1, -0.05) is 59.7 Å². The number of aromatic nitrogens is 4. The lowest BCUT2D eigenvalue weighted by Gasteiger charge is -2.04. The van der Waals surface area contributed by atoms with E-state index in [0.717, 1.165) is 24.2 Å². The highest BCUT2D eigenvalue weighted by Gasteiger charge is 2.20. The molecule has 0 unspecified atom stereocenters. The van der Waals surface area contributed by atoms with Gasteiger partial charge in [0.1, 0.15) is 13.1 Å². The minimum atomic E-state index is -4.02. The quantitative estimate of drug-likeness (QED) is 0.128. The van der Waals surface area contributed by atoms with Crippen LogP contribution in [0.1, 0.15) is 22.8 Å². The summed E-state index contributed by atoms with van der Waals surface area (Å²) < 4.78 is 74.3. The number of rotatable bonds is 8. The van der Waals surface area contributed by atoms with Crippen LogP contribution >= 0.6 is 0 Å². The van der Waals surface area contributed by atoms with E-state index in [1.807, 2.05) is 13.8 Å². The van der Waals surface area contributed by atoms with Crippen molar-refractivity contribution in [3.8, 4) is 0 Å². The summed E-state index contributed by atoms with van der Waals surface area (Å²) in [5.74, 6) is 2.50. The molecule has 0 atom stereocenters. The molecule has 0 amide bonds. The third-order valence-electron chi connectivity index (χ3n) is 8.38. The Morgan fingerprint density at radius 3 is 1.20 bits per heavy atom. The number of hydrogen-bond donors (Lipinski definition) is 2. The summed E-state index contributed by atoms with van der Waals surface area (Å²) >= 11 is 0. The first-order valence-corrected chi connectivity index (χ1v) is 18.5. The van der Waals surface area contributed by atoms with Crippen LogP contribution in [0.5, 0.6) is 0 Å². The third kappa shape index (κ3) is 9.40. The Bertz CT molecular complexity index is 2100. The molecular weight excluding hydrogens is 665 g/mol.